The minimum absolute atomic E-state index is 0.0279. The van der Waals surface area contributed by atoms with Gasteiger partial charge in [0.2, 0.25) is 0 Å². The molecule has 0 aromatic heterocycles. The molecule has 0 bridgehead atoms. The fourth-order valence-electron chi connectivity index (χ4n) is 2.59. The van der Waals surface area contributed by atoms with Crippen LogP contribution >= 0.6 is 0 Å². The van der Waals surface area contributed by atoms with Crippen molar-refractivity contribution in [3.63, 3.8) is 0 Å². The van der Waals surface area contributed by atoms with E-state index in [4.69, 9.17) is 0 Å². The third kappa shape index (κ3) is 3.47. The third-order valence-corrected chi connectivity index (χ3v) is 3.41. The van der Waals surface area contributed by atoms with Gasteiger partial charge in [-0.3, -0.25) is 4.79 Å². The molecule has 19 heavy (non-hydrogen) atoms. The zero-order valence-corrected chi connectivity index (χ0v) is 11.6. The van der Waals surface area contributed by atoms with Gasteiger partial charge in [-0.2, -0.15) is 0 Å². The van der Waals surface area contributed by atoms with Crippen molar-refractivity contribution in [2.45, 2.75) is 45.3 Å². The predicted molar refractivity (Wildman–Crippen MR) is 76.5 cm³/mol. The van der Waals surface area contributed by atoms with Crippen LogP contribution in [0.1, 0.15) is 42.6 Å². The van der Waals surface area contributed by atoms with Crippen LogP contribution in [0.2, 0.25) is 0 Å². The van der Waals surface area contributed by atoms with E-state index in [0.29, 0.717) is 6.42 Å². The van der Waals surface area contributed by atoms with Crippen molar-refractivity contribution in [2.75, 3.05) is 11.9 Å². The van der Waals surface area contributed by atoms with Gasteiger partial charge in [0.05, 0.1) is 6.10 Å². The fourth-order valence-corrected chi connectivity index (χ4v) is 2.59. The van der Waals surface area contributed by atoms with Crippen molar-refractivity contribution < 1.29 is 9.90 Å². The number of carbonyl (C=O) groups excluding carboxylic acids is 1. The Kier molecular flexibility index (Phi) is 4.43. The Labute approximate surface area is 114 Å². The summed E-state index contributed by atoms with van der Waals surface area (Å²) in [6.45, 7) is 4.62. The molecule has 1 aliphatic heterocycles. The summed E-state index contributed by atoms with van der Waals surface area (Å²) < 4.78 is 0. The van der Waals surface area contributed by atoms with E-state index in [-0.39, 0.29) is 11.9 Å². The molecule has 1 aromatic rings. The number of aliphatic hydroxyl groups excluding tert-OH is 1. The number of aliphatic hydroxyl groups is 1. The molecule has 4 heteroatoms. The molecule has 2 atom stereocenters. The molecular weight excluding hydrogens is 240 g/mol. The van der Waals surface area contributed by atoms with Gasteiger partial charge in [-0.1, -0.05) is 6.07 Å². The van der Waals surface area contributed by atoms with Gasteiger partial charge in [0.1, 0.15) is 0 Å². The van der Waals surface area contributed by atoms with Gasteiger partial charge in [0, 0.05) is 23.8 Å². The Balaban J connectivity index is 2.11. The number of amides is 1. The standard InChI is InChI=1S/C15H22N2O2/c1-10(9-11(2)18)17-15(19)13-5-3-7-14-12(13)6-4-8-16-14/h3,5,7,10-11,16,18H,4,6,8-9H2,1-2H3,(H,17,19). The molecule has 2 rings (SSSR count). The lowest BCUT2D eigenvalue weighted by atomic mass is 9.97. The maximum absolute atomic E-state index is 12.3. The van der Waals surface area contributed by atoms with E-state index < -0.39 is 6.10 Å². The average Bonchev–Trinajstić information content (AvgIpc) is 2.36. The Morgan fingerprint density at radius 3 is 3.00 bits per heavy atom. The first-order chi connectivity index (χ1) is 9.08. The number of nitrogens with one attached hydrogen (secondary N) is 2. The summed E-state index contributed by atoms with van der Waals surface area (Å²) in [5.41, 5.74) is 2.93. The summed E-state index contributed by atoms with van der Waals surface area (Å²) >= 11 is 0. The molecule has 104 valence electrons. The molecular formula is C15H22N2O2. The SMILES string of the molecule is CC(O)CC(C)NC(=O)c1cccc2c1CCCN2. The fraction of sp³-hybridized carbons (Fsp3) is 0.533. The highest BCUT2D eigenvalue weighted by Crippen LogP contribution is 2.25. The van der Waals surface area contributed by atoms with Gasteiger partial charge in [0.25, 0.3) is 5.91 Å². The minimum Gasteiger partial charge on any atom is -0.393 e. The Morgan fingerprint density at radius 1 is 1.47 bits per heavy atom. The maximum atomic E-state index is 12.3. The number of rotatable bonds is 4. The second-order valence-electron chi connectivity index (χ2n) is 5.32. The smallest absolute Gasteiger partial charge is 0.251 e. The molecule has 4 nitrogen and oxygen atoms in total. The highest BCUT2D eigenvalue weighted by Gasteiger charge is 2.18. The first kappa shape index (κ1) is 13.9. The number of hydrogen-bond acceptors (Lipinski definition) is 3. The van der Waals surface area contributed by atoms with Crippen LogP contribution in [0, 0.1) is 0 Å². The average molecular weight is 262 g/mol. The van der Waals surface area contributed by atoms with Gasteiger partial charge in [-0.15, -0.1) is 0 Å². The first-order valence-corrected chi connectivity index (χ1v) is 6.92. The second-order valence-corrected chi connectivity index (χ2v) is 5.32. The first-order valence-electron chi connectivity index (χ1n) is 6.92. The Bertz CT molecular complexity index is 457. The molecule has 1 amide bonds. The lowest BCUT2D eigenvalue weighted by molar-refractivity contribution is 0.0922. The molecule has 1 heterocycles. The van der Waals surface area contributed by atoms with Crippen LogP contribution in [0.25, 0.3) is 0 Å². The molecule has 0 saturated heterocycles. The Hall–Kier alpha value is -1.55. The van der Waals surface area contributed by atoms with E-state index in [9.17, 15) is 9.90 Å². The number of anilines is 1. The van der Waals surface area contributed by atoms with E-state index in [1.54, 1.807) is 6.92 Å². The number of fused-ring (bicyclic) bond motifs is 1. The number of carbonyl (C=O) groups is 1. The van der Waals surface area contributed by atoms with Crippen molar-refractivity contribution in [1.29, 1.82) is 0 Å². The molecule has 0 aliphatic carbocycles. The molecule has 0 spiro atoms. The highest BCUT2D eigenvalue weighted by molar-refractivity contribution is 5.97. The normalized spacial score (nSPS) is 17.0. The van der Waals surface area contributed by atoms with Crippen molar-refractivity contribution >= 4 is 11.6 Å². The molecule has 0 saturated carbocycles. The maximum Gasteiger partial charge on any atom is 0.251 e. The third-order valence-electron chi connectivity index (χ3n) is 3.41. The van der Waals surface area contributed by atoms with Crippen LogP contribution in [0.5, 0.6) is 0 Å². The predicted octanol–water partition coefficient (Wildman–Crippen LogP) is 1.93. The van der Waals surface area contributed by atoms with Gasteiger partial charge >= 0.3 is 0 Å². The van der Waals surface area contributed by atoms with Crippen molar-refractivity contribution in [3.05, 3.63) is 29.3 Å². The van der Waals surface area contributed by atoms with Gasteiger partial charge in [-0.25, -0.2) is 0 Å². The van der Waals surface area contributed by atoms with Crippen LogP contribution in [0.3, 0.4) is 0 Å². The van der Waals surface area contributed by atoms with Gasteiger partial charge in [-0.05, 0) is 50.8 Å². The van der Waals surface area contributed by atoms with E-state index >= 15 is 0 Å². The summed E-state index contributed by atoms with van der Waals surface area (Å²) in [5.74, 6) is -0.0475. The van der Waals surface area contributed by atoms with Crippen LogP contribution < -0.4 is 10.6 Å². The van der Waals surface area contributed by atoms with Gasteiger partial charge in [0.15, 0.2) is 0 Å². The summed E-state index contributed by atoms with van der Waals surface area (Å²) in [7, 11) is 0. The topological polar surface area (TPSA) is 61.4 Å². The van der Waals surface area contributed by atoms with Crippen molar-refractivity contribution in [1.82, 2.24) is 5.32 Å². The highest BCUT2D eigenvalue weighted by atomic mass is 16.3. The number of benzene rings is 1. The van der Waals surface area contributed by atoms with E-state index in [2.05, 4.69) is 10.6 Å². The molecule has 2 unspecified atom stereocenters. The van der Waals surface area contributed by atoms with E-state index in [1.807, 2.05) is 25.1 Å². The van der Waals surface area contributed by atoms with Crippen molar-refractivity contribution in [3.8, 4) is 0 Å². The lowest BCUT2D eigenvalue weighted by Gasteiger charge is -2.22. The quantitative estimate of drug-likeness (QED) is 0.777. The summed E-state index contributed by atoms with van der Waals surface area (Å²) in [6, 6.07) is 5.77. The zero-order valence-electron chi connectivity index (χ0n) is 11.6. The largest absolute Gasteiger partial charge is 0.393 e. The minimum atomic E-state index is -0.401. The van der Waals surface area contributed by atoms with Crippen LogP contribution in [-0.2, 0) is 6.42 Å². The molecule has 1 aliphatic rings. The summed E-state index contributed by atoms with van der Waals surface area (Å²) in [5, 5.41) is 15.6. The number of hydrogen-bond donors (Lipinski definition) is 3. The Morgan fingerprint density at radius 2 is 2.26 bits per heavy atom. The van der Waals surface area contributed by atoms with Crippen LogP contribution in [0.15, 0.2) is 18.2 Å². The molecule has 0 radical (unpaired) electrons. The zero-order chi connectivity index (χ0) is 13.8. The van der Waals surface area contributed by atoms with Gasteiger partial charge < -0.3 is 15.7 Å². The summed E-state index contributed by atoms with van der Waals surface area (Å²) in [4.78, 5) is 12.3. The molecule has 0 fully saturated rings. The van der Waals surface area contributed by atoms with E-state index in [0.717, 1.165) is 36.2 Å². The van der Waals surface area contributed by atoms with Crippen LogP contribution in [-0.4, -0.2) is 29.7 Å². The molecule has 3 N–H and O–H groups in total. The molecule has 1 aromatic carbocycles. The van der Waals surface area contributed by atoms with Crippen LogP contribution in [0.4, 0.5) is 5.69 Å². The second kappa shape index (κ2) is 6.06. The monoisotopic (exact) mass is 262 g/mol. The summed E-state index contributed by atoms with van der Waals surface area (Å²) in [6.07, 6.45) is 2.16. The van der Waals surface area contributed by atoms with E-state index in [1.165, 1.54) is 0 Å². The van der Waals surface area contributed by atoms with Crippen molar-refractivity contribution in [2.24, 2.45) is 0 Å². The lowest BCUT2D eigenvalue weighted by Crippen LogP contribution is -2.35.